The average molecular weight is 341 g/mol. The van der Waals surface area contributed by atoms with E-state index in [1.807, 2.05) is 0 Å². The molecule has 0 radical (unpaired) electrons. The number of halogens is 4. The summed E-state index contributed by atoms with van der Waals surface area (Å²) >= 11 is 2.97. The summed E-state index contributed by atoms with van der Waals surface area (Å²) < 4.78 is 45.3. The molecular weight excluding hydrogens is 329 g/mol. The first-order valence-electron chi connectivity index (χ1n) is 5.51. The lowest BCUT2D eigenvalue weighted by Gasteiger charge is -2.11. The predicted octanol–water partition coefficient (Wildman–Crippen LogP) is 3.84. The number of ether oxygens (including phenoxy) is 2. The largest absolute Gasteiger partial charge is 0.573 e. The Balaban J connectivity index is 2.71. The molecule has 3 nitrogen and oxygen atoms in total. The molecule has 0 aliphatic rings. The van der Waals surface area contributed by atoms with Crippen molar-refractivity contribution < 1.29 is 27.4 Å². The molecule has 0 fully saturated rings. The summed E-state index contributed by atoms with van der Waals surface area (Å²) in [5.74, 6) is -0.711. The minimum atomic E-state index is -4.75. The number of carbonyl (C=O) groups is 1. The summed E-state index contributed by atoms with van der Waals surface area (Å²) in [6, 6.07) is 4.31. The minimum absolute atomic E-state index is 0.112. The molecule has 0 N–H and O–H groups in total. The van der Waals surface area contributed by atoms with Gasteiger partial charge in [0.05, 0.1) is 11.1 Å². The van der Waals surface area contributed by atoms with Gasteiger partial charge in [0, 0.05) is 6.42 Å². The Labute approximate surface area is 116 Å². The molecule has 0 atom stereocenters. The van der Waals surface area contributed by atoms with E-state index >= 15 is 0 Å². The Hall–Kier alpha value is -1.24. The van der Waals surface area contributed by atoms with Gasteiger partial charge in [-0.25, -0.2) is 0 Å². The maximum Gasteiger partial charge on any atom is 0.573 e. The second-order valence-corrected chi connectivity index (χ2v) is 4.47. The van der Waals surface area contributed by atoms with Crippen LogP contribution in [0.15, 0.2) is 22.7 Å². The molecule has 1 rings (SSSR count). The van der Waals surface area contributed by atoms with Crippen LogP contribution in [0.4, 0.5) is 13.2 Å². The topological polar surface area (TPSA) is 35.5 Å². The quantitative estimate of drug-likeness (QED) is 0.764. The molecule has 0 bridgehead atoms. The first-order chi connectivity index (χ1) is 8.81. The van der Waals surface area contributed by atoms with E-state index in [1.165, 1.54) is 12.1 Å². The summed E-state index contributed by atoms with van der Waals surface area (Å²) in [7, 11) is 0. The molecule has 0 aliphatic heterocycles. The number of esters is 1. The summed E-state index contributed by atoms with van der Waals surface area (Å²) in [6.45, 7) is 1.97. The van der Waals surface area contributed by atoms with E-state index in [4.69, 9.17) is 4.74 Å². The third kappa shape index (κ3) is 5.96. The van der Waals surface area contributed by atoms with Gasteiger partial charge in [0.15, 0.2) is 0 Å². The summed E-state index contributed by atoms with van der Waals surface area (Å²) in [6.07, 6.45) is -4.34. The molecule has 1 aromatic rings. The van der Waals surface area contributed by atoms with Crippen LogP contribution in [0.5, 0.6) is 5.75 Å². The minimum Gasteiger partial charge on any atom is -0.466 e. The number of hydrogen-bond donors (Lipinski definition) is 0. The van der Waals surface area contributed by atoms with E-state index in [0.29, 0.717) is 12.0 Å². The maximum absolute atomic E-state index is 12.2. The Morgan fingerprint density at radius 1 is 1.37 bits per heavy atom. The lowest BCUT2D eigenvalue weighted by Crippen LogP contribution is -2.17. The van der Waals surface area contributed by atoms with Crippen LogP contribution in [0, 0.1) is 0 Å². The van der Waals surface area contributed by atoms with Crippen LogP contribution in [0.3, 0.4) is 0 Å². The van der Waals surface area contributed by atoms with E-state index in [1.54, 1.807) is 13.0 Å². The highest BCUT2D eigenvalue weighted by Crippen LogP contribution is 2.31. The van der Waals surface area contributed by atoms with Crippen LogP contribution in [0.25, 0.3) is 0 Å². The molecule has 0 saturated heterocycles. The number of rotatable bonds is 5. The van der Waals surface area contributed by atoms with Crippen LogP contribution in [-0.4, -0.2) is 18.9 Å². The Morgan fingerprint density at radius 2 is 2.05 bits per heavy atom. The van der Waals surface area contributed by atoms with Gasteiger partial charge in [0.1, 0.15) is 5.75 Å². The van der Waals surface area contributed by atoms with Gasteiger partial charge in [-0.2, -0.15) is 0 Å². The summed E-state index contributed by atoms with van der Waals surface area (Å²) in [5, 5.41) is 0. The summed E-state index contributed by atoms with van der Waals surface area (Å²) in [5.41, 5.74) is 0.565. The molecule has 19 heavy (non-hydrogen) atoms. The second kappa shape index (κ2) is 6.79. The zero-order chi connectivity index (χ0) is 14.5. The van der Waals surface area contributed by atoms with E-state index < -0.39 is 6.36 Å². The molecule has 0 unspecified atom stereocenters. The molecular formula is C12H12BrF3O3. The summed E-state index contributed by atoms with van der Waals surface area (Å²) in [4.78, 5) is 11.2. The fourth-order valence-electron chi connectivity index (χ4n) is 1.39. The van der Waals surface area contributed by atoms with Crippen LogP contribution < -0.4 is 4.74 Å². The first-order valence-corrected chi connectivity index (χ1v) is 6.31. The van der Waals surface area contributed by atoms with Crippen molar-refractivity contribution in [1.29, 1.82) is 0 Å². The monoisotopic (exact) mass is 340 g/mol. The molecule has 1 aromatic carbocycles. The number of carbonyl (C=O) groups excluding carboxylic acids is 1. The highest BCUT2D eigenvalue weighted by molar-refractivity contribution is 9.10. The maximum atomic E-state index is 12.2. The molecule has 0 heterocycles. The zero-order valence-electron chi connectivity index (χ0n) is 10.1. The van der Waals surface area contributed by atoms with E-state index in [2.05, 4.69) is 20.7 Å². The fraction of sp³-hybridized carbons (Fsp3) is 0.417. The highest BCUT2D eigenvalue weighted by Gasteiger charge is 2.32. The molecule has 106 valence electrons. The van der Waals surface area contributed by atoms with Crippen molar-refractivity contribution in [3.05, 3.63) is 28.2 Å². The van der Waals surface area contributed by atoms with Crippen LogP contribution in [-0.2, 0) is 16.0 Å². The molecule has 0 aliphatic carbocycles. The highest BCUT2D eigenvalue weighted by atomic mass is 79.9. The van der Waals surface area contributed by atoms with E-state index in [-0.39, 0.29) is 29.2 Å². The Kier molecular flexibility index (Phi) is 5.65. The number of benzene rings is 1. The molecule has 0 spiro atoms. The van der Waals surface area contributed by atoms with Gasteiger partial charge in [-0.1, -0.05) is 6.07 Å². The SMILES string of the molecule is CCOC(=O)CCc1ccc(Br)c(OC(F)(F)F)c1. The van der Waals surface area contributed by atoms with Crippen molar-refractivity contribution in [2.45, 2.75) is 26.1 Å². The van der Waals surface area contributed by atoms with E-state index in [0.717, 1.165) is 0 Å². The first kappa shape index (κ1) is 15.8. The second-order valence-electron chi connectivity index (χ2n) is 3.62. The molecule has 0 saturated carbocycles. The molecule has 7 heteroatoms. The van der Waals surface area contributed by atoms with Crippen molar-refractivity contribution in [3.8, 4) is 5.75 Å². The van der Waals surface area contributed by atoms with Gasteiger partial charge < -0.3 is 9.47 Å². The number of aryl methyl sites for hydroxylation is 1. The normalized spacial score (nSPS) is 11.2. The number of alkyl halides is 3. The van der Waals surface area contributed by atoms with Crippen molar-refractivity contribution in [3.63, 3.8) is 0 Å². The van der Waals surface area contributed by atoms with Crippen molar-refractivity contribution in [2.75, 3.05) is 6.61 Å². The third-order valence-corrected chi connectivity index (χ3v) is 2.80. The van der Waals surface area contributed by atoms with Crippen molar-refractivity contribution in [2.24, 2.45) is 0 Å². The third-order valence-electron chi connectivity index (χ3n) is 2.14. The molecule has 0 aromatic heterocycles. The van der Waals surface area contributed by atoms with Crippen LogP contribution in [0.2, 0.25) is 0 Å². The van der Waals surface area contributed by atoms with Gasteiger partial charge in [-0.05, 0) is 47.0 Å². The van der Waals surface area contributed by atoms with Gasteiger partial charge in [-0.3, -0.25) is 4.79 Å². The van der Waals surface area contributed by atoms with Crippen LogP contribution in [0.1, 0.15) is 18.9 Å². The Bertz CT molecular complexity index is 446. The van der Waals surface area contributed by atoms with Gasteiger partial charge >= 0.3 is 12.3 Å². The van der Waals surface area contributed by atoms with Gasteiger partial charge in [0.2, 0.25) is 0 Å². The lowest BCUT2D eigenvalue weighted by atomic mass is 10.1. The fourth-order valence-corrected chi connectivity index (χ4v) is 1.71. The predicted molar refractivity (Wildman–Crippen MR) is 65.8 cm³/mol. The van der Waals surface area contributed by atoms with Gasteiger partial charge in [0.25, 0.3) is 0 Å². The molecule has 0 amide bonds. The standard InChI is InChI=1S/C12H12BrF3O3/c1-2-18-11(17)6-4-8-3-5-9(13)10(7-8)19-12(14,15)16/h3,5,7H,2,4,6H2,1H3. The van der Waals surface area contributed by atoms with Gasteiger partial charge in [-0.15, -0.1) is 13.2 Å². The van der Waals surface area contributed by atoms with E-state index in [9.17, 15) is 18.0 Å². The number of hydrogen-bond acceptors (Lipinski definition) is 3. The van der Waals surface area contributed by atoms with Crippen molar-refractivity contribution in [1.82, 2.24) is 0 Å². The van der Waals surface area contributed by atoms with Crippen LogP contribution >= 0.6 is 15.9 Å². The zero-order valence-corrected chi connectivity index (χ0v) is 11.7. The average Bonchev–Trinajstić information content (AvgIpc) is 2.29. The van der Waals surface area contributed by atoms with Crippen molar-refractivity contribution >= 4 is 21.9 Å². The lowest BCUT2D eigenvalue weighted by molar-refractivity contribution is -0.274. The Morgan fingerprint density at radius 3 is 2.63 bits per heavy atom. The smallest absolute Gasteiger partial charge is 0.466 e.